The van der Waals surface area contributed by atoms with Crippen molar-refractivity contribution in [3.8, 4) is 0 Å². The van der Waals surface area contributed by atoms with E-state index < -0.39 is 35.9 Å². The van der Waals surface area contributed by atoms with Gasteiger partial charge in [-0.3, -0.25) is 14.4 Å². The monoisotopic (exact) mass is 246 g/mol. The zero-order valence-electron chi connectivity index (χ0n) is 9.76. The second kappa shape index (κ2) is 6.62. The SMILES string of the molecule is CCC(=O)[C@@H](OC(C)=O)[C@H](OC(C)=O)C(=O)O. The fraction of sp³-hybridized carbons (Fsp3) is 0.600. The van der Waals surface area contributed by atoms with Crippen LogP contribution in [0.1, 0.15) is 27.2 Å². The van der Waals surface area contributed by atoms with E-state index in [4.69, 9.17) is 5.11 Å². The summed E-state index contributed by atoms with van der Waals surface area (Å²) in [7, 11) is 0. The van der Waals surface area contributed by atoms with Crippen molar-refractivity contribution in [1.29, 1.82) is 0 Å². The summed E-state index contributed by atoms with van der Waals surface area (Å²) in [5, 5.41) is 8.83. The van der Waals surface area contributed by atoms with Crippen LogP contribution < -0.4 is 0 Å². The van der Waals surface area contributed by atoms with E-state index in [9.17, 15) is 19.2 Å². The quantitative estimate of drug-likeness (QED) is 0.652. The third-order valence-corrected chi connectivity index (χ3v) is 1.77. The molecule has 7 heteroatoms. The maximum atomic E-state index is 11.4. The van der Waals surface area contributed by atoms with Crippen LogP contribution >= 0.6 is 0 Å². The summed E-state index contributed by atoms with van der Waals surface area (Å²) < 4.78 is 9.04. The van der Waals surface area contributed by atoms with E-state index in [0.717, 1.165) is 13.8 Å². The van der Waals surface area contributed by atoms with Crippen LogP contribution in [0.2, 0.25) is 0 Å². The minimum Gasteiger partial charge on any atom is -0.478 e. The minimum absolute atomic E-state index is 0.0387. The maximum Gasteiger partial charge on any atom is 0.349 e. The van der Waals surface area contributed by atoms with Crippen molar-refractivity contribution in [3.05, 3.63) is 0 Å². The number of esters is 2. The summed E-state index contributed by atoms with van der Waals surface area (Å²) in [6.45, 7) is 3.51. The van der Waals surface area contributed by atoms with Crippen LogP contribution in [-0.2, 0) is 28.7 Å². The van der Waals surface area contributed by atoms with Crippen LogP contribution in [-0.4, -0.2) is 41.0 Å². The number of rotatable bonds is 6. The van der Waals surface area contributed by atoms with Crippen molar-refractivity contribution < 1.29 is 33.8 Å². The van der Waals surface area contributed by atoms with Gasteiger partial charge in [0.2, 0.25) is 12.2 Å². The summed E-state index contributed by atoms with van der Waals surface area (Å²) in [6.07, 6.45) is -3.47. The molecule has 17 heavy (non-hydrogen) atoms. The largest absolute Gasteiger partial charge is 0.478 e. The molecule has 0 saturated heterocycles. The molecule has 2 atom stereocenters. The van der Waals surface area contributed by atoms with E-state index in [1.807, 2.05) is 0 Å². The molecule has 0 unspecified atom stereocenters. The predicted molar refractivity (Wildman–Crippen MR) is 54.0 cm³/mol. The lowest BCUT2D eigenvalue weighted by Gasteiger charge is -2.21. The molecule has 7 nitrogen and oxygen atoms in total. The minimum atomic E-state index is -1.82. The van der Waals surface area contributed by atoms with Crippen molar-refractivity contribution >= 4 is 23.7 Å². The average molecular weight is 246 g/mol. The summed E-state index contributed by atoms with van der Waals surface area (Å²) in [6, 6.07) is 0. The Bertz CT molecular complexity index is 334. The first kappa shape index (κ1) is 15.1. The van der Waals surface area contributed by atoms with Crippen LogP contribution in [0.5, 0.6) is 0 Å². The smallest absolute Gasteiger partial charge is 0.349 e. The first-order chi connectivity index (χ1) is 7.79. The summed E-state index contributed by atoms with van der Waals surface area (Å²) in [5.41, 5.74) is 0. The Labute approximate surface area is 97.7 Å². The van der Waals surface area contributed by atoms with Crippen LogP contribution in [0, 0.1) is 0 Å². The molecule has 0 saturated carbocycles. The van der Waals surface area contributed by atoms with E-state index in [-0.39, 0.29) is 6.42 Å². The number of carboxylic acids is 1. The zero-order chi connectivity index (χ0) is 13.6. The normalized spacial score (nSPS) is 13.4. The lowest BCUT2D eigenvalue weighted by molar-refractivity contribution is -0.180. The van der Waals surface area contributed by atoms with E-state index in [1.165, 1.54) is 6.92 Å². The van der Waals surface area contributed by atoms with Crippen LogP contribution in [0.4, 0.5) is 0 Å². The molecule has 0 amide bonds. The first-order valence-electron chi connectivity index (χ1n) is 4.89. The number of carboxylic acid groups (broad SMARTS) is 1. The highest BCUT2D eigenvalue weighted by Gasteiger charge is 2.38. The zero-order valence-corrected chi connectivity index (χ0v) is 9.76. The first-order valence-corrected chi connectivity index (χ1v) is 4.89. The molecule has 0 aliphatic carbocycles. The van der Waals surface area contributed by atoms with Gasteiger partial charge in [0, 0.05) is 20.3 Å². The number of hydrogen-bond donors (Lipinski definition) is 1. The summed E-state index contributed by atoms with van der Waals surface area (Å²) in [5.74, 6) is -3.88. The van der Waals surface area contributed by atoms with Crippen molar-refractivity contribution in [1.82, 2.24) is 0 Å². The fourth-order valence-electron chi connectivity index (χ4n) is 1.10. The molecule has 96 valence electrons. The van der Waals surface area contributed by atoms with Crippen molar-refractivity contribution in [2.24, 2.45) is 0 Å². The summed E-state index contributed by atoms with van der Waals surface area (Å²) in [4.78, 5) is 43.8. The number of hydrogen-bond acceptors (Lipinski definition) is 6. The molecular weight excluding hydrogens is 232 g/mol. The lowest BCUT2D eigenvalue weighted by atomic mass is 10.1. The fourth-order valence-corrected chi connectivity index (χ4v) is 1.10. The van der Waals surface area contributed by atoms with Crippen LogP contribution in [0.3, 0.4) is 0 Å². The molecule has 0 aliphatic heterocycles. The number of ether oxygens (including phenoxy) is 2. The van der Waals surface area contributed by atoms with Gasteiger partial charge in [0.15, 0.2) is 5.78 Å². The molecule has 0 aliphatic rings. The lowest BCUT2D eigenvalue weighted by Crippen LogP contribution is -2.45. The third kappa shape index (κ3) is 5.10. The van der Waals surface area contributed by atoms with E-state index >= 15 is 0 Å². The number of Topliss-reactive ketones (excluding diaryl/α,β-unsaturated/α-hetero) is 1. The predicted octanol–water partition coefficient (Wildman–Crippen LogP) is -0.0865. The van der Waals surface area contributed by atoms with Gasteiger partial charge in [-0.25, -0.2) is 4.79 Å². The Balaban J connectivity index is 5.05. The number of carbonyl (C=O) groups excluding carboxylic acids is 3. The van der Waals surface area contributed by atoms with Gasteiger partial charge in [-0.2, -0.15) is 0 Å². The molecule has 0 radical (unpaired) electrons. The molecule has 0 spiro atoms. The van der Waals surface area contributed by atoms with Gasteiger partial charge < -0.3 is 14.6 Å². The molecule has 0 heterocycles. The average Bonchev–Trinajstić information content (AvgIpc) is 2.21. The molecule has 0 fully saturated rings. The van der Waals surface area contributed by atoms with Crippen molar-refractivity contribution in [2.45, 2.75) is 39.4 Å². The highest BCUT2D eigenvalue weighted by molar-refractivity contribution is 5.92. The highest BCUT2D eigenvalue weighted by atomic mass is 16.6. The Morgan fingerprint density at radius 2 is 1.41 bits per heavy atom. The van der Waals surface area contributed by atoms with Crippen molar-refractivity contribution in [3.63, 3.8) is 0 Å². The Kier molecular flexibility index (Phi) is 5.87. The molecule has 0 aromatic carbocycles. The van der Waals surface area contributed by atoms with Gasteiger partial charge in [0.25, 0.3) is 0 Å². The van der Waals surface area contributed by atoms with Crippen LogP contribution in [0.15, 0.2) is 0 Å². The third-order valence-electron chi connectivity index (χ3n) is 1.77. The second-order valence-corrected chi connectivity index (χ2v) is 3.22. The molecular formula is C10H14O7. The molecule has 0 aromatic heterocycles. The molecule has 0 bridgehead atoms. The Hall–Kier alpha value is -1.92. The van der Waals surface area contributed by atoms with E-state index in [1.54, 1.807) is 0 Å². The Morgan fingerprint density at radius 3 is 1.71 bits per heavy atom. The molecule has 1 N–H and O–H groups in total. The van der Waals surface area contributed by atoms with E-state index in [0.29, 0.717) is 0 Å². The number of carbonyl (C=O) groups is 4. The van der Waals surface area contributed by atoms with Crippen molar-refractivity contribution in [2.75, 3.05) is 0 Å². The maximum absolute atomic E-state index is 11.4. The highest BCUT2D eigenvalue weighted by Crippen LogP contribution is 2.09. The Morgan fingerprint density at radius 1 is 1.00 bits per heavy atom. The molecule has 0 aromatic rings. The second-order valence-electron chi connectivity index (χ2n) is 3.22. The topological polar surface area (TPSA) is 107 Å². The van der Waals surface area contributed by atoms with Gasteiger partial charge in [-0.05, 0) is 0 Å². The number of aliphatic carboxylic acids is 1. The van der Waals surface area contributed by atoms with Gasteiger partial charge in [0.1, 0.15) is 0 Å². The van der Waals surface area contributed by atoms with Gasteiger partial charge in [-0.1, -0.05) is 6.92 Å². The van der Waals surface area contributed by atoms with Gasteiger partial charge in [-0.15, -0.1) is 0 Å². The van der Waals surface area contributed by atoms with Crippen LogP contribution in [0.25, 0.3) is 0 Å². The van der Waals surface area contributed by atoms with E-state index in [2.05, 4.69) is 9.47 Å². The number of ketones is 1. The standard InChI is InChI=1S/C10H14O7/c1-4-7(13)8(16-5(2)11)9(10(14)15)17-6(3)12/h8-9H,4H2,1-3H3,(H,14,15)/t8-,9+/m1/s1. The van der Waals surface area contributed by atoms with Gasteiger partial charge >= 0.3 is 17.9 Å². The summed E-state index contributed by atoms with van der Waals surface area (Å²) >= 11 is 0. The van der Waals surface area contributed by atoms with Gasteiger partial charge in [0.05, 0.1) is 0 Å². The molecule has 0 rings (SSSR count).